The number of furan rings is 1. The Bertz CT molecular complexity index is 412. The molecular weight excluding hydrogens is 226 g/mol. The number of hydrogen-bond acceptors (Lipinski definition) is 4. The van der Waals surface area contributed by atoms with Crippen LogP contribution in [0.5, 0.6) is 0 Å². The van der Waals surface area contributed by atoms with Gasteiger partial charge >= 0.3 is 5.97 Å². The van der Waals surface area contributed by atoms with Crippen LogP contribution >= 0.6 is 0 Å². The number of methoxy groups -OCH3 is 1. The molecule has 1 aromatic rings. The van der Waals surface area contributed by atoms with Gasteiger partial charge in [-0.1, -0.05) is 0 Å². The standard InChI is InChI=1S/C11H15NO5/c1-6(7(2)16-3)12-10(13)9-4-8(5-17-9)11(14)15/h4-7H,1-3H3,(H,12,13)(H,14,15)/t6-,7?/m0/s1. The molecule has 1 unspecified atom stereocenters. The lowest BCUT2D eigenvalue weighted by atomic mass is 10.2. The average Bonchev–Trinajstić information content (AvgIpc) is 2.77. The molecule has 1 heterocycles. The molecular formula is C11H15NO5. The lowest BCUT2D eigenvalue weighted by molar-refractivity contribution is 0.0695. The van der Waals surface area contributed by atoms with Crippen LogP contribution in [0.3, 0.4) is 0 Å². The summed E-state index contributed by atoms with van der Waals surface area (Å²) >= 11 is 0. The molecule has 0 aromatic carbocycles. The van der Waals surface area contributed by atoms with E-state index in [4.69, 9.17) is 14.3 Å². The fourth-order valence-electron chi connectivity index (χ4n) is 1.17. The highest BCUT2D eigenvalue weighted by Crippen LogP contribution is 2.08. The first-order chi connectivity index (χ1) is 7.95. The quantitative estimate of drug-likeness (QED) is 0.806. The molecule has 0 radical (unpaired) electrons. The van der Waals surface area contributed by atoms with Crippen LogP contribution in [0.1, 0.15) is 34.8 Å². The number of amides is 1. The number of hydrogen-bond donors (Lipinski definition) is 2. The summed E-state index contributed by atoms with van der Waals surface area (Å²) in [5.74, 6) is -1.63. The summed E-state index contributed by atoms with van der Waals surface area (Å²) < 4.78 is 9.92. The van der Waals surface area contributed by atoms with Gasteiger partial charge in [0.25, 0.3) is 5.91 Å². The minimum Gasteiger partial charge on any atom is -0.478 e. The summed E-state index contributed by atoms with van der Waals surface area (Å²) in [5, 5.41) is 11.3. The fourth-order valence-corrected chi connectivity index (χ4v) is 1.17. The SMILES string of the molecule is COC(C)[C@H](C)NC(=O)c1cc(C(=O)O)co1. The second-order valence-electron chi connectivity index (χ2n) is 3.71. The maximum atomic E-state index is 11.7. The van der Waals surface area contributed by atoms with Crippen LogP contribution in [-0.4, -0.2) is 36.2 Å². The second-order valence-corrected chi connectivity index (χ2v) is 3.71. The van der Waals surface area contributed by atoms with E-state index < -0.39 is 11.9 Å². The maximum absolute atomic E-state index is 11.7. The molecule has 6 nitrogen and oxygen atoms in total. The van der Waals surface area contributed by atoms with Gasteiger partial charge in [-0.15, -0.1) is 0 Å². The summed E-state index contributed by atoms with van der Waals surface area (Å²) in [7, 11) is 1.54. The lowest BCUT2D eigenvalue weighted by Crippen LogP contribution is -2.40. The predicted octanol–water partition coefficient (Wildman–Crippen LogP) is 1.13. The fraction of sp³-hybridized carbons (Fsp3) is 0.455. The molecule has 6 heteroatoms. The van der Waals surface area contributed by atoms with Gasteiger partial charge in [0.05, 0.1) is 17.7 Å². The molecule has 0 aliphatic rings. The molecule has 0 aliphatic heterocycles. The minimum absolute atomic E-state index is 0.0300. The molecule has 0 spiro atoms. The number of ether oxygens (including phenoxy) is 1. The first-order valence-electron chi connectivity index (χ1n) is 5.11. The molecule has 2 N–H and O–H groups in total. The van der Waals surface area contributed by atoms with Crippen molar-refractivity contribution in [3.63, 3.8) is 0 Å². The van der Waals surface area contributed by atoms with Crippen LogP contribution in [0.25, 0.3) is 0 Å². The van der Waals surface area contributed by atoms with Crippen molar-refractivity contribution in [3.8, 4) is 0 Å². The van der Waals surface area contributed by atoms with Gasteiger partial charge in [-0.2, -0.15) is 0 Å². The molecule has 1 aromatic heterocycles. The monoisotopic (exact) mass is 241 g/mol. The van der Waals surface area contributed by atoms with E-state index in [0.29, 0.717) is 0 Å². The Balaban J connectivity index is 2.66. The lowest BCUT2D eigenvalue weighted by Gasteiger charge is -2.18. The predicted molar refractivity (Wildman–Crippen MR) is 59.1 cm³/mol. The normalized spacial score (nSPS) is 14.1. The number of carboxylic acid groups (broad SMARTS) is 1. The van der Waals surface area contributed by atoms with E-state index in [9.17, 15) is 9.59 Å². The third-order valence-electron chi connectivity index (χ3n) is 2.50. The van der Waals surface area contributed by atoms with E-state index in [1.807, 2.05) is 6.92 Å². The van der Waals surface area contributed by atoms with Crippen LogP contribution in [0.15, 0.2) is 16.7 Å². The number of carbonyl (C=O) groups excluding carboxylic acids is 1. The minimum atomic E-state index is -1.13. The van der Waals surface area contributed by atoms with Gasteiger partial charge in [-0.05, 0) is 13.8 Å². The molecule has 17 heavy (non-hydrogen) atoms. The second kappa shape index (κ2) is 5.49. The highest BCUT2D eigenvalue weighted by molar-refractivity contribution is 5.95. The average molecular weight is 241 g/mol. The Morgan fingerprint density at radius 1 is 1.47 bits per heavy atom. The number of carbonyl (C=O) groups is 2. The van der Waals surface area contributed by atoms with Gasteiger partial charge in [-0.25, -0.2) is 4.79 Å². The summed E-state index contributed by atoms with van der Waals surface area (Å²) in [4.78, 5) is 22.3. The molecule has 0 bridgehead atoms. The molecule has 0 fully saturated rings. The van der Waals surface area contributed by atoms with Gasteiger partial charge in [0.15, 0.2) is 5.76 Å². The van der Waals surface area contributed by atoms with Gasteiger partial charge in [0, 0.05) is 13.2 Å². The molecule has 0 saturated heterocycles. The first kappa shape index (κ1) is 13.2. The highest BCUT2D eigenvalue weighted by Gasteiger charge is 2.19. The summed E-state index contributed by atoms with van der Waals surface area (Å²) in [6.07, 6.45) is 0.884. The summed E-state index contributed by atoms with van der Waals surface area (Å²) in [6, 6.07) is 0.980. The van der Waals surface area contributed by atoms with Gasteiger partial charge < -0.3 is 19.6 Å². The van der Waals surface area contributed by atoms with Crippen molar-refractivity contribution in [2.75, 3.05) is 7.11 Å². The van der Waals surface area contributed by atoms with Crippen molar-refractivity contribution in [2.45, 2.75) is 26.0 Å². The van der Waals surface area contributed by atoms with E-state index in [0.717, 1.165) is 6.26 Å². The number of carboxylic acids is 1. The zero-order valence-corrected chi connectivity index (χ0v) is 9.89. The molecule has 2 atom stereocenters. The zero-order chi connectivity index (χ0) is 13.0. The third kappa shape index (κ3) is 3.32. The Morgan fingerprint density at radius 3 is 2.59 bits per heavy atom. The summed E-state index contributed by atoms with van der Waals surface area (Å²) in [6.45, 7) is 3.60. The van der Waals surface area contributed by atoms with Crippen molar-refractivity contribution in [2.24, 2.45) is 0 Å². The number of rotatable bonds is 5. The van der Waals surface area contributed by atoms with Crippen molar-refractivity contribution < 1.29 is 23.8 Å². The molecule has 1 amide bonds. The van der Waals surface area contributed by atoms with E-state index in [-0.39, 0.29) is 23.5 Å². The maximum Gasteiger partial charge on any atom is 0.338 e. The van der Waals surface area contributed by atoms with E-state index in [1.54, 1.807) is 14.0 Å². The van der Waals surface area contributed by atoms with E-state index in [1.165, 1.54) is 6.07 Å². The Kier molecular flexibility index (Phi) is 4.28. The van der Waals surface area contributed by atoms with Crippen LogP contribution < -0.4 is 5.32 Å². The largest absolute Gasteiger partial charge is 0.478 e. The molecule has 94 valence electrons. The Morgan fingerprint density at radius 2 is 2.12 bits per heavy atom. The molecule has 1 rings (SSSR count). The molecule has 0 saturated carbocycles. The van der Waals surface area contributed by atoms with Gasteiger partial charge in [0.1, 0.15) is 6.26 Å². The van der Waals surface area contributed by atoms with Crippen molar-refractivity contribution in [1.29, 1.82) is 0 Å². The van der Waals surface area contributed by atoms with Crippen LogP contribution in [0, 0.1) is 0 Å². The van der Waals surface area contributed by atoms with Gasteiger partial charge in [-0.3, -0.25) is 4.79 Å². The van der Waals surface area contributed by atoms with Crippen LogP contribution in [0.4, 0.5) is 0 Å². The smallest absolute Gasteiger partial charge is 0.338 e. The van der Waals surface area contributed by atoms with E-state index in [2.05, 4.69) is 5.32 Å². The zero-order valence-electron chi connectivity index (χ0n) is 9.89. The number of nitrogens with one attached hydrogen (secondary N) is 1. The Hall–Kier alpha value is -1.82. The molecule has 0 aliphatic carbocycles. The Labute approximate surface area is 98.6 Å². The van der Waals surface area contributed by atoms with E-state index >= 15 is 0 Å². The number of aromatic carboxylic acids is 1. The van der Waals surface area contributed by atoms with Gasteiger partial charge in [0.2, 0.25) is 0 Å². The summed E-state index contributed by atoms with van der Waals surface area (Å²) in [5.41, 5.74) is -0.0532. The van der Waals surface area contributed by atoms with Crippen LogP contribution in [-0.2, 0) is 4.74 Å². The van der Waals surface area contributed by atoms with Crippen LogP contribution in [0.2, 0.25) is 0 Å². The van der Waals surface area contributed by atoms with Crippen molar-refractivity contribution in [3.05, 3.63) is 23.7 Å². The topological polar surface area (TPSA) is 88.8 Å². The van der Waals surface area contributed by atoms with Crippen molar-refractivity contribution in [1.82, 2.24) is 5.32 Å². The first-order valence-corrected chi connectivity index (χ1v) is 5.11. The highest BCUT2D eigenvalue weighted by atomic mass is 16.5. The van der Waals surface area contributed by atoms with Crippen molar-refractivity contribution >= 4 is 11.9 Å². The third-order valence-corrected chi connectivity index (χ3v) is 2.50.